The number of piperidine rings is 1. The van der Waals surface area contributed by atoms with E-state index in [0.29, 0.717) is 6.54 Å². The largest absolute Gasteiger partial charge is 0.369 e. The van der Waals surface area contributed by atoms with Gasteiger partial charge in [0.1, 0.15) is 0 Å². The number of nitrogens with two attached hydrogens (primary N) is 1. The minimum Gasteiger partial charge on any atom is -0.369 e. The molecule has 2 aromatic rings. The molecule has 23 heavy (non-hydrogen) atoms. The monoisotopic (exact) mass is 311 g/mol. The summed E-state index contributed by atoms with van der Waals surface area (Å²) in [5.74, 6) is -0.308. The first-order valence-electron chi connectivity index (χ1n) is 7.92. The summed E-state index contributed by atoms with van der Waals surface area (Å²) in [6, 6.07) is 14.0. The zero-order chi connectivity index (χ0) is 16.2. The molecular weight excluding hydrogens is 290 g/mol. The number of hydrogen-bond acceptors (Lipinski definition) is 3. The lowest BCUT2D eigenvalue weighted by molar-refractivity contribution is -0.123. The summed E-state index contributed by atoms with van der Waals surface area (Å²) in [4.78, 5) is 25.4. The molecule has 0 saturated carbocycles. The summed E-state index contributed by atoms with van der Waals surface area (Å²) >= 11 is 0. The number of benzene rings is 2. The Labute approximate surface area is 135 Å². The Hall–Kier alpha value is -2.40. The molecule has 5 nitrogen and oxygen atoms in total. The van der Waals surface area contributed by atoms with E-state index in [1.165, 1.54) is 0 Å². The summed E-state index contributed by atoms with van der Waals surface area (Å²) in [7, 11) is 0. The summed E-state index contributed by atoms with van der Waals surface area (Å²) in [6.45, 7) is 1.82. The minimum absolute atomic E-state index is 0.0298. The number of carbonyl (C=O) groups excluding carboxylic acids is 2. The van der Waals surface area contributed by atoms with Crippen LogP contribution in [0, 0.1) is 5.92 Å². The summed E-state index contributed by atoms with van der Waals surface area (Å²) in [5, 5.41) is 5.20. The highest BCUT2D eigenvalue weighted by Crippen LogP contribution is 2.19. The van der Waals surface area contributed by atoms with Crippen molar-refractivity contribution < 1.29 is 9.59 Å². The Balaban J connectivity index is 1.55. The molecule has 2 aromatic carbocycles. The van der Waals surface area contributed by atoms with Crippen molar-refractivity contribution in [2.24, 2.45) is 11.7 Å². The molecule has 3 rings (SSSR count). The fourth-order valence-electron chi connectivity index (χ4n) is 3.05. The SMILES string of the molecule is NC(=O)C1CCN(CC(=O)Nc2ccc3ccccc3c2)CC1. The Morgan fingerprint density at radius 3 is 2.48 bits per heavy atom. The summed E-state index contributed by atoms with van der Waals surface area (Å²) in [6.07, 6.45) is 1.47. The highest BCUT2D eigenvalue weighted by Gasteiger charge is 2.24. The molecule has 0 unspecified atom stereocenters. The van der Waals surface area contributed by atoms with Crippen molar-refractivity contribution in [3.8, 4) is 0 Å². The number of carbonyl (C=O) groups is 2. The molecule has 0 bridgehead atoms. The van der Waals surface area contributed by atoms with Gasteiger partial charge in [0.05, 0.1) is 6.54 Å². The third-order valence-electron chi connectivity index (χ3n) is 4.39. The lowest BCUT2D eigenvalue weighted by Crippen LogP contribution is -2.42. The number of hydrogen-bond donors (Lipinski definition) is 2. The van der Waals surface area contributed by atoms with Gasteiger partial charge >= 0.3 is 0 Å². The average Bonchev–Trinajstić information content (AvgIpc) is 2.55. The number of primary amides is 1. The molecule has 0 aromatic heterocycles. The summed E-state index contributed by atoms with van der Waals surface area (Å²) < 4.78 is 0. The Morgan fingerprint density at radius 2 is 1.78 bits per heavy atom. The predicted molar refractivity (Wildman–Crippen MR) is 90.9 cm³/mol. The van der Waals surface area contributed by atoms with Crippen LogP contribution in [0.25, 0.3) is 10.8 Å². The molecule has 3 N–H and O–H groups in total. The Bertz CT molecular complexity index is 721. The zero-order valence-corrected chi connectivity index (χ0v) is 13.0. The topological polar surface area (TPSA) is 75.4 Å². The maximum Gasteiger partial charge on any atom is 0.238 e. The summed E-state index contributed by atoms with van der Waals surface area (Å²) in [5.41, 5.74) is 6.13. The van der Waals surface area contributed by atoms with Crippen LogP contribution < -0.4 is 11.1 Å². The van der Waals surface area contributed by atoms with Gasteiger partial charge in [-0.25, -0.2) is 0 Å². The Kier molecular flexibility index (Phi) is 4.57. The minimum atomic E-state index is -0.231. The van der Waals surface area contributed by atoms with Gasteiger partial charge in [-0.1, -0.05) is 30.3 Å². The van der Waals surface area contributed by atoms with E-state index in [2.05, 4.69) is 10.2 Å². The molecule has 5 heteroatoms. The van der Waals surface area contributed by atoms with Crippen LogP contribution in [0.3, 0.4) is 0 Å². The Morgan fingerprint density at radius 1 is 1.09 bits per heavy atom. The van der Waals surface area contributed by atoms with Gasteiger partial charge in [-0.2, -0.15) is 0 Å². The highest BCUT2D eigenvalue weighted by atomic mass is 16.2. The number of nitrogens with zero attached hydrogens (tertiary/aromatic N) is 1. The van der Waals surface area contributed by atoms with Crippen molar-refractivity contribution in [1.29, 1.82) is 0 Å². The third kappa shape index (κ3) is 3.87. The molecular formula is C18H21N3O2. The van der Waals surface area contributed by atoms with Crippen molar-refractivity contribution in [1.82, 2.24) is 4.90 Å². The number of likely N-dealkylation sites (tertiary alicyclic amines) is 1. The molecule has 120 valence electrons. The second kappa shape index (κ2) is 6.79. The van der Waals surface area contributed by atoms with Crippen LogP contribution in [0.15, 0.2) is 42.5 Å². The molecule has 0 radical (unpaired) electrons. The highest BCUT2D eigenvalue weighted by molar-refractivity contribution is 5.95. The van der Waals surface area contributed by atoms with Gasteiger partial charge in [-0.05, 0) is 48.8 Å². The first kappa shape index (κ1) is 15.5. The molecule has 1 fully saturated rings. The zero-order valence-electron chi connectivity index (χ0n) is 13.0. The molecule has 2 amide bonds. The quantitative estimate of drug-likeness (QED) is 0.906. The fraction of sp³-hybridized carbons (Fsp3) is 0.333. The molecule has 0 atom stereocenters. The van der Waals surface area contributed by atoms with Gasteiger partial charge < -0.3 is 11.1 Å². The normalized spacial score (nSPS) is 16.3. The van der Waals surface area contributed by atoms with Crippen molar-refractivity contribution in [3.05, 3.63) is 42.5 Å². The number of anilines is 1. The number of nitrogens with one attached hydrogen (secondary N) is 1. The van der Waals surface area contributed by atoms with E-state index in [1.807, 2.05) is 42.5 Å². The van der Waals surface area contributed by atoms with E-state index < -0.39 is 0 Å². The van der Waals surface area contributed by atoms with E-state index in [9.17, 15) is 9.59 Å². The lowest BCUT2D eigenvalue weighted by Gasteiger charge is -2.29. The van der Waals surface area contributed by atoms with Crippen LogP contribution >= 0.6 is 0 Å². The molecule has 0 aliphatic carbocycles. The smallest absolute Gasteiger partial charge is 0.238 e. The van der Waals surface area contributed by atoms with Crippen LogP contribution in [-0.2, 0) is 9.59 Å². The maximum atomic E-state index is 12.2. The molecule has 1 saturated heterocycles. The number of fused-ring (bicyclic) bond motifs is 1. The van der Waals surface area contributed by atoms with Crippen LogP contribution in [-0.4, -0.2) is 36.3 Å². The third-order valence-corrected chi connectivity index (χ3v) is 4.39. The molecule has 1 aliphatic heterocycles. The molecule has 1 aliphatic rings. The second-order valence-corrected chi connectivity index (χ2v) is 6.06. The van der Waals surface area contributed by atoms with Gasteiger partial charge in [0, 0.05) is 11.6 Å². The van der Waals surface area contributed by atoms with Crippen LogP contribution in [0.5, 0.6) is 0 Å². The van der Waals surface area contributed by atoms with Gasteiger partial charge in [-0.15, -0.1) is 0 Å². The molecule has 0 spiro atoms. The first-order valence-corrected chi connectivity index (χ1v) is 7.92. The fourth-order valence-corrected chi connectivity index (χ4v) is 3.05. The van der Waals surface area contributed by atoms with Gasteiger partial charge in [0.25, 0.3) is 0 Å². The number of rotatable bonds is 4. The standard InChI is InChI=1S/C18H21N3O2/c19-18(23)14-7-9-21(10-8-14)12-17(22)20-16-6-5-13-3-1-2-4-15(13)11-16/h1-6,11,14H,7-10,12H2,(H2,19,23)(H,20,22). The molecule has 1 heterocycles. The maximum absolute atomic E-state index is 12.2. The van der Waals surface area contributed by atoms with E-state index in [0.717, 1.165) is 42.4 Å². The first-order chi connectivity index (χ1) is 11.1. The predicted octanol–water partition coefficient (Wildman–Crippen LogP) is 1.98. The average molecular weight is 311 g/mol. The van der Waals surface area contributed by atoms with Crippen LogP contribution in [0.2, 0.25) is 0 Å². The van der Waals surface area contributed by atoms with Gasteiger partial charge in [-0.3, -0.25) is 14.5 Å². The van der Waals surface area contributed by atoms with Gasteiger partial charge in [0.2, 0.25) is 11.8 Å². The van der Waals surface area contributed by atoms with Crippen molar-refractivity contribution in [2.45, 2.75) is 12.8 Å². The second-order valence-electron chi connectivity index (χ2n) is 6.06. The van der Waals surface area contributed by atoms with E-state index in [-0.39, 0.29) is 17.7 Å². The number of amides is 2. The van der Waals surface area contributed by atoms with Crippen molar-refractivity contribution in [2.75, 3.05) is 25.0 Å². The van der Waals surface area contributed by atoms with Crippen molar-refractivity contribution >= 4 is 28.3 Å². The lowest BCUT2D eigenvalue weighted by atomic mass is 9.96. The van der Waals surface area contributed by atoms with E-state index >= 15 is 0 Å². The van der Waals surface area contributed by atoms with Crippen LogP contribution in [0.1, 0.15) is 12.8 Å². The van der Waals surface area contributed by atoms with Crippen molar-refractivity contribution in [3.63, 3.8) is 0 Å². The van der Waals surface area contributed by atoms with E-state index in [4.69, 9.17) is 5.73 Å². The van der Waals surface area contributed by atoms with Gasteiger partial charge in [0.15, 0.2) is 0 Å². The van der Waals surface area contributed by atoms with Crippen LogP contribution in [0.4, 0.5) is 5.69 Å². The van der Waals surface area contributed by atoms with E-state index in [1.54, 1.807) is 0 Å².